The summed E-state index contributed by atoms with van der Waals surface area (Å²) in [4.78, 5) is 16.6. The maximum Gasteiger partial charge on any atom is 0.240 e. The van der Waals surface area contributed by atoms with Crippen LogP contribution in [-0.2, 0) is 4.79 Å². The van der Waals surface area contributed by atoms with Gasteiger partial charge < -0.3 is 20.4 Å². The first-order chi connectivity index (χ1) is 9.06. The van der Waals surface area contributed by atoms with Crippen LogP contribution >= 0.6 is 0 Å². The molecule has 2 fully saturated rings. The minimum atomic E-state index is -0.0486. The van der Waals surface area contributed by atoms with Crippen LogP contribution in [-0.4, -0.2) is 74.6 Å². The molecular formula is C14H28N4O. The normalized spacial score (nSPS) is 30.3. The maximum absolute atomic E-state index is 12.4. The molecule has 2 unspecified atom stereocenters. The molecule has 1 amide bonds. The zero-order valence-corrected chi connectivity index (χ0v) is 12.5. The van der Waals surface area contributed by atoms with Crippen molar-refractivity contribution in [2.24, 2.45) is 5.92 Å². The highest BCUT2D eigenvalue weighted by Crippen LogP contribution is 2.17. The summed E-state index contributed by atoms with van der Waals surface area (Å²) in [6.07, 6.45) is 2.42. The predicted molar refractivity (Wildman–Crippen MR) is 77.1 cm³/mol. The summed E-state index contributed by atoms with van der Waals surface area (Å²) in [5.41, 5.74) is 0. The number of carbonyl (C=O) groups excluding carboxylic acids is 1. The Kier molecular flexibility index (Phi) is 5.19. The lowest BCUT2D eigenvalue weighted by molar-refractivity contribution is -0.133. The highest BCUT2D eigenvalue weighted by molar-refractivity contribution is 5.82. The van der Waals surface area contributed by atoms with E-state index in [0.717, 1.165) is 32.7 Å². The summed E-state index contributed by atoms with van der Waals surface area (Å²) >= 11 is 0. The average molecular weight is 268 g/mol. The average Bonchev–Trinajstić information content (AvgIpc) is 2.41. The number of nitrogens with zero attached hydrogens (tertiary/aromatic N) is 2. The first-order valence-electron chi connectivity index (χ1n) is 7.46. The summed E-state index contributed by atoms with van der Waals surface area (Å²) in [5, 5.41) is 6.69. The predicted octanol–water partition coefficient (Wildman–Crippen LogP) is -0.263. The molecule has 0 aromatic heterocycles. The molecule has 0 aliphatic carbocycles. The molecule has 0 aromatic rings. The minimum Gasteiger partial charge on any atom is -0.344 e. The van der Waals surface area contributed by atoms with Gasteiger partial charge in [-0.1, -0.05) is 0 Å². The van der Waals surface area contributed by atoms with Gasteiger partial charge >= 0.3 is 0 Å². The Balaban J connectivity index is 1.76. The molecule has 2 aliphatic rings. The number of nitrogens with one attached hydrogen (secondary N) is 2. The third-order valence-corrected chi connectivity index (χ3v) is 4.39. The van der Waals surface area contributed by atoms with Crippen LogP contribution in [0.5, 0.6) is 0 Å². The van der Waals surface area contributed by atoms with Crippen LogP contribution in [0.3, 0.4) is 0 Å². The summed E-state index contributed by atoms with van der Waals surface area (Å²) in [5.74, 6) is 0.902. The zero-order valence-electron chi connectivity index (χ0n) is 12.5. The second kappa shape index (κ2) is 6.68. The van der Waals surface area contributed by atoms with E-state index in [4.69, 9.17) is 0 Å². The van der Waals surface area contributed by atoms with Crippen LogP contribution in [0.25, 0.3) is 0 Å². The Morgan fingerprint density at radius 1 is 1.26 bits per heavy atom. The molecule has 0 spiro atoms. The smallest absolute Gasteiger partial charge is 0.240 e. The molecule has 5 nitrogen and oxygen atoms in total. The van der Waals surface area contributed by atoms with Gasteiger partial charge in [-0.15, -0.1) is 0 Å². The van der Waals surface area contributed by atoms with Crippen molar-refractivity contribution in [3.8, 4) is 0 Å². The largest absolute Gasteiger partial charge is 0.344 e. The third kappa shape index (κ3) is 4.16. The zero-order chi connectivity index (χ0) is 13.8. The number of amides is 1. The summed E-state index contributed by atoms with van der Waals surface area (Å²) < 4.78 is 0. The van der Waals surface area contributed by atoms with Crippen LogP contribution in [0.4, 0.5) is 0 Å². The van der Waals surface area contributed by atoms with Crippen LogP contribution in [0.1, 0.15) is 19.8 Å². The SMILES string of the molecule is CC1CNC(C(=O)N(C)CC2CCN(C)CC2)CN1. The number of carbonyl (C=O) groups is 1. The van der Waals surface area contributed by atoms with Crippen LogP contribution in [0, 0.1) is 5.92 Å². The van der Waals surface area contributed by atoms with E-state index in [2.05, 4.69) is 29.5 Å². The van der Waals surface area contributed by atoms with E-state index < -0.39 is 0 Å². The fourth-order valence-corrected chi connectivity index (χ4v) is 2.94. The van der Waals surface area contributed by atoms with Crippen molar-refractivity contribution in [2.45, 2.75) is 31.8 Å². The number of piperidine rings is 1. The molecule has 2 aliphatic heterocycles. The van der Waals surface area contributed by atoms with Gasteiger partial charge in [-0.3, -0.25) is 4.79 Å². The number of rotatable bonds is 3. The Morgan fingerprint density at radius 3 is 2.53 bits per heavy atom. The molecule has 2 atom stereocenters. The van der Waals surface area contributed by atoms with E-state index in [9.17, 15) is 4.79 Å². The molecule has 0 bridgehead atoms. The number of likely N-dealkylation sites (N-methyl/N-ethyl adjacent to an activating group) is 1. The minimum absolute atomic E-state index is 0.0486. The number of hydrogen-bond acceptors (Lipinski definition) is 4. The summed E-state index contributed by atoms with van der Waals surface area (Å²) in [6, 6.07) is 0.413. The van der Waals surface area contributed by atoms with Gasteiger partial charge in [-0.2, -0.15) is 0 Å². The highest BCUT2D eigenvalue weighted by Gasteiger charge is 2.27. The molecule has 5 heteroatoms. The van der Waals surface area contributed by atoms with Gasteiger partial charge in [0.25, 0.3) is 0 Å². The highest BCUT2D eigenvalue weighted by atomic mass is 16.2. The Hall–Kier alpha value is -0.650. The molecule has 0 saturated carbocycles. The van der Waals surface area contributed by atoms with E-state index in [-0.39, 0.29) is 11.9 Å². The van der Waals surface area contributed by atoms with Crippen molar-refractivity contribution in [1.82, 2.24) is 20.4 Å². The standard InChI is InChI=1S/C14H28N4O/c1-11-8-16-13(9-15-11)14(19)18(3)10-12-4-6-17(2)7-5-12/h11-13,15-16H,4-10H2,1-3H3. The monoisotopic (exact) mass is 268 g/mol. The van der Waals surface area contributed by atoms with E-state index in [0.29, 0.717) is 12.0 Å². The van der Waals surface area contributed by atoms with Crippen molar-refractivity contribution in [2.75, 3.05) is 46.8 Å². The lowest BCUT2D eigenvalue weighted by Gasteiger charge is -2.34. The van der Waals surface area contributed by atoms with Gasteiger partial charge in [0, 0.05) is 32.7 Å². The van der Waals surface area contributed by atoms with Gasteiger partial charge in [-0.25, -0.2) is 0 Å². The first-order valence-corrected chi connectivity index (χ1v) is 7.46. The van der Waals surface area contributed by atoms with Crippen molar-refractivity contribution in [1.29, 1.82) is 0 Å². The lowest BCUT2D eigenvalue weighted by atomic mass is 9.96. The molecule has 0 radical (unpaired) electrons. The van der Waals surface area contributed by atoms with Gasteiger partial charge in [0.2, 0.25) is 5.91 Å². The second-order valence-electron chi connectivity index (χ2n) is 6.24. The van der Waals surface area contributed by atoms with E-state index in [1.165, 1.54) is 12.8 Å². The van der Waals surface area contributed by atoms with E-state index in [1.807, 2.05) is 11.9 Å². The lowest BCUT2D eigenvalue weighted by Crippen LogP contribution is -2.59. The first kappa shape index (κ1) is 14.8. The molecule has 2 N–H and O–H groups in total. The summed E-state index contributed by atoms with van der Waals surface area (Å²) in [7, 11) is 4.12. The van der Waals surface area contributed by atoms with Gasteiger partial charge in [-0.05, 0) is 45.8 Å². The fraction of sp³-hybridized carbons (Fsp3) is 0.929. The quantitative estimate of drug-likeness (QED) is 0.740. The Bertz CT molecular complexity index is 294. The maximum atomic E-state index is 12.4. The molecule has 2 saturated heterocycles. The number of hydrogen-bond donors (Lipinski definition) is 2. The van der Waals surface area contributed by atoms with Crippen LogP contribution in [0.2, 0.25) is 0 Å². The Morgan fingerprint density at radius 2 is 1.95 bits per heavy atom. The summed E-state index contributed by atoms with van der Waals surface area (Å²) in [6.45, 7) is 6.98. The second-order valence-corrected chi connectivity index (χ2v) is 6.24. The van der Waals surface area contributed by atoms with Crippen molar-refractivity contribution >= 4 is 5.91 Å². The molecule has 2 heterocycles. The van der Waals surface area contributed by atoms with Crippen molar-refractivity contribution in [3.05, 3.63) is 0 Å². The van der Waals surface area contributed by atoms with Gasteiger partial charge in [0.1, 0.15) is 0 Å². The Labute approximate surface area is 116 Å². The molecule has 0 aromatic carbocycles. The third-order valence-electron chi connectivity index (χ3n) is 4.39. The molecule has 2 rings (SSSR count). The van der Waals surface area contributed by atoms with Gasteiger partial charge in [0.15, 0.2) is 0 Å². The molecule has 110 valence electrons. The van der Waals surface area contributed by atoms with E-state index in [1.54, 1.807) is 0 Å². The van der Waals surface area contributed by atoms with E-state index >= 15 is 0 Å². The number of piperazine rings is 1. The number of likely N-dealkylation sites (tertiary alicyclic amines) is 1. The molecule has 19 heavy (non-hydrogen) atoms. The van der Waals surface area contributed by atoms with Crippen molar-refractivity contribution in [3.63, 3.8) is 0 Å². The van der Waals surface area contributed by atoms with Crippen LogP contribution in [0.15, 0.2) is 0 Å². The van der Waals surface area contributed by atoms with Crippen LogP contribution < -0.4 is 10.6 Å². The van der Waals surface area contributed by atoms with Crippen molar-refractivity contribution < 1.29 is 4.79 Å². The molecular weight excluding hydrogens is 240 g/mol. The fourth-order valence-electron chi connectivity index (χ4n) is 2.94. The topological polar surface area (TPSA) is 47.6 Å². The van der Waals surface area contributed by atoms with Gasteiger partial charge in [0.05, 0.1) is 6.04 Å².